The van der Waals surface area contributed by atoms with Crippen LogP contribution in [0, 0.1) is 17.8 Å². The fourth-order valence-corrected chi connectivity index (χ4v) is 3.10. The van der Waals surface area contributed by atoms with Crippen LogP contribution in [-0.4, -0.2) is 22.4 Å². The van der Waals surface area contributed by atoms with Gasteiger partial charge in [-0.05, 0) is 43.4 Å². The average Bonchev–Trinajstić information content (AvgIpc) is 2.45. The Morgan fingerprint density at radius 2 is 1.45 bits per heavy atom. The minimum atomic E-state index is 0.00106. The Balaban J connectivity index is 0.000000327. The Hall–Kier alpha value is -0.0800. The van der Waals surface area contributed by atoms with Crippen molar-refractivity contribution in [1.82, 2.24) is 0 Å². The second-order valence-electron chi connectivity index (χ2n) is 6.65. The van der Waals surface area contributed by atoms with Gasteiger partial charge in [0.15, 0.2) is 0 Å². The van der Waals surface area contributed by atoms with Crippen molar-refractivity contribution in [2.75, 3.05) is 0 Å². The lowest BCUT2D eigenvalue weighted by atomic mass is 9.80. The molecule has 2 unspecified atom stereocenters. The van der Waals surface area contributed by atoms with Crippen LogP contribution in [0.1, 0.15) is 86.0 Å². The largest absolute Gasteiger partial charge is 0.393 e. The van der Waals surface area contributed by atoms with Gasteiger partial charge in [0.2, 0.25) is 0 Å². The first-order valence-corrected chi connectivity index (χ1v) is 8.86. The molecule has 2 fully saturated rings. The summed E-state index contributed by atoms with van der Waals surface area (Å²) in [6.45, 7) is 10.6. The van der Waals surface area contributed by atoms with Crippen molar-refractivity contribution in [2.24, 2.45) is 17.8 Å². The fraction of sp³-hybridized carbons (Fsp3) is 1.00. The highest BCUT2D eigenvalue weighted by atomic mass is 16.3. The van der Waals surface area contributed by atoms with Crippen molar-refractivity contribution < 1.29 is 10.2 Å². The van der Waals surface area contributed by atoms with E-state index in [0.717, 1.165) is 31.1 Å². The van der Waals surface area contributed by atoms with Gasteiger partial charge in [0.25, 0.3) is 0 Å². The molecule has 0 radical (unpaired) electrons. The predicted octanol–water partition coefficient (Wildman–Crippen LogP) is 4.78. The fourth-order valence-electron chi connectivity index (χ4n) is 3.10. The first-order chi connectivity index (χ1) is 9.50. The second-order valence-corrected chi connectivity index (χ2v) is 6.65. The standard InChI is InChI=1S/C9H18O.C7H14O.C2H6/c1-7(2)8-4-3-5-9(10)6-8;1-6-4-2-3-5-7(6)8;1-2/h7-10H,3-6H2,1-2H3;6-8H,2-5H2,1H3;1-2H3/t8-,9?;6-,7?;/m11./s1. The SMILES string of the molecule is CC.CC(C)[C@@H]1CCCC(O)C1.C[C@@H]1CCCCC1O. The van der Waals surface area contributed by atoms with Gasteiger partial charge in [0.1, 0.15) is 0 Å². The van der Waals surface area contributed by atoms with Gasteiger partial charge in [-0.1, -0.05) is 60.3 Å². The van der Waals surface area contributed by atoms with Crippen LogP contribution in [0.5, 0.6) is 0 Å². The van der Waals surface area contributed by atoms with E-state index in [1.54, 1.807) is 0 Å². The van der Waals surface area contributed by atoms with Crippen molar-refractivity contribution in [3.63, 3.8) is 0 Å². The molecule has 0 aromatic heterocycles. The van der Waals surface area contributed by atoms with Gasteiger partial charge < -0.3 is 10.2 Å². The monoisotopic (exact) mass is 286 g/mol. The molecule has 2 saturated carbocycles. The molecular formula is C18H38O2. The Labute approximate surface area is 127 Å². The maximum absolute atomic E-state index is 9.33. The van der Waals surface area contributed by atoms with Crippen LogP contribution in [0.3, 0.4) is 0 Å². The lowest BCUT2D eigenvalue weighted by Gasteiger charge is -2.28. The van der Waals surface area contributed by atoms with Crippen LogP contribution < -0.4 is 0 Å². The molecule has 0 aromatic rings. The summed E-state index contributed by atoms with van der Waals surface area (Å²) >= 11 is 0. The molecule has 2 aliphatic carbocycles. The van der Waals surface area contributed by atoms with Crippen LogP contribution in [0.4, 0.5) is 0 Å². The van der Waals surface area contributed by atoms with Gasteiger partial charge >= 0.3 is 0 Å². The van der Waals surface area contributed by atoms with E-state index in [4.69, 9.17) is 0 Å². The van der Waals surface area contributed by atoms with E-state index in [-0.39, 0.29) is 12.2 Å². The summed E-state index contributed by atoms with van der Waals surface area (Å²) in [6.07, 6.45) is 9.43. The molecule has 20 heavy (non-hydrogen) atoms. The molecule has 0 aromatic carbocycles. The number of hydrogen-bond donors (Lipinski definition) is 2. The van der Waals surface area contributed by atoms with E-state index in [0.29, 0.717) is 5.92 Å². The topological polar surface area (TPSA) is 40.5 Å². The molecule has 0 amide bonds. The number of aliphatic hydroxyl groups excluding tert-OH is 2. The van der Waals surface area contributed by atoms with Crippen LogP contribution in [0.25, 0.3) is 0 Å². The summed E-state index contributed by atoms with van der Waals surface area (Å²) in [5.41, 5.74) is 0. The molecule has 0 spiro atoms. The van der Waals surface area contributed by atoms with Gasteiger partial charge in [-0.3, -0.25) is 0 Å². The molecule has 0 bridgehead atoms. The highest BCUT2D eigenvalue weighted by Gasteiger charge is 2.22. The van der Waals surface area contributed by atoms with E-state index < -0.39 is 0 Å². The molecule has 4 atom stereocenters. The summed E-state index contributed by atoms with van der Waals surface area (Å²) in [6, 6.07) is 0. The minimum absolute atomic E-state index is 0.00106. The number of hydrogen-bond acceptors (Lipinski definition) is 2. The Bertz CT molecular complexity index is 205. The quantitative estimate of drug-likeness (QED) is 0.728. The highest BCUT2D eigenvalue weighted by Crippen LogP contribution is 2.29. The first kappa shape index (κ1) is 19.9. The normalized spacial score (nSPS) is 33.6. The van der Waals surface area contributed by atoms with Crippen molar-refractivity contribution in [2.45, 2.75) is 98.2 Å². The molecule has 2 nitrogen and oxygen atoms in total. The van der Waals surface area contributed by atoms with Crippen LogP contribution in [0.2, 0.25) is 0 Å². The lowest BCUT2D eigenvalue weighted by Crippen LogP contribution is -2.22. The summed E-state index contributed by atoms with van der Waals surface area (Å²) in [7, 11) is 0. The molecule has 2 aliphatic rings. The van der Waals surface area contributed by atoms with E-state index in [1.807, 2.05) is 13.8 Å². The molecule has 2 N–H and O–H groups in total. The maximum Gasteiger partial charge on any atom is 0.0565 e. The zero-order chi connectivity index (χ0) is 15.5. The molecule has 0 saturated heterocycles. The predicted molar refractivity (Wildman–Crippen MR) is 87.8 cm³/mol. The van der Waals surface area contributed by atoms with Crippen molar-refractivity contribution in [1.29, 1.82) is 0 Å². The smallest absolute Gasteiger partial charge is 0.0565 e. The van der Waals surface area contributed by atoms with Gasteiger partial charge in [0.05, 0.1) is 12.2 Å². The molecule has 0 aliphatic heterocycles. The Kier molecular flexibility index (Phi) is 11.5. The Morgan fingerprint density at radius 3 is 1.80 bits per heavy atom. The van der Waals surface area contributed by atoms with Gasteiger partial charge in [-0.25, -0.2) is 0 Å². The van der Waals surface area contributed by atoms with E-state index >= 15 is 0 Å². The van der Waals surface area contributed by atoms with Crippen molar-refractivity contribution >= 4 is 0 Å². The maximum atomic E-state index is 9.33. The molecule has 0 heterocycles. The Morgan fingerprint density at radius 1 is 0.850 bits per heavy atom. The van der Waals surface area contributed by atoms with Gasteiger partial charge in [-0.15, -0.1) is 0 Å². The van der Waals surface area contributed by atoms with Gasteiger partial charge in [-0.2, -0.15) is 0 Å². The molecule has 2 rings (SSSR count). The molecule has 2 heteroatoms. The van der Waals surface area contributed by atoms with E-state index in [1.165, 1.54) is 32.1 Å². The van der Waals surface area contributed by atoms with Crippen molar-refractivity contribution in [3.05, 3.63) is 0 Å². The summed E-state index contributed by atoms with van der Waals surface area (Å²) in [5, 5.41) is 18.5. The first-order valence-electron chi connectivity index (χ1n) is 8.86. The van der Waals surface area contributed by atoms with E-state index in [2.05, 4.69) is 20.8 Å². The number of rotatable bonds is 1. The third kappa shape index (κ3) is 8.26. The summed E-state index contributed by atoms with van der Waals surface area (Å²) < 4.78 is 0. The third-order valence-electron chi connectivity index (χ3n) is 4.70. The third-order valence-corrected chi connectivity index (χ3v) is 4.70. The molecular weight excluding hydrogens is 248 g/mol. The minimum Gasteiger partial charge on any atom is -0.393 e. The second kappa shape index (κ2) is 11.6. The average molecular weight is 286 g/mol. The van der Waals surface area contributed by atoms with E-state index in [9.17, 15) is 10.2 Å². The van der Waals surface area contributed by atoms with Crippen LogP contribution in [0.15, 0.2) is 0 Å². The molecule has 122 valence electrons. The zero-order valence-electron chi connectivity index (χ0n) is 14.4. The van der Waals surface area contributed by atoms with Crippen molar-refractivity contribution in [3.8, 4) is 0 Å². The highest BCUT2D eigenvalue weighted by molar-refractivity contribution is 4.73. The summed E-state index contributed by atoms with van der Waals surface area (Å²) in [5.74, 6) is 2.10. The van der Waals surface area contributed by atoms with Crippen LogP contribution in [-0.2, 0) is 0 Å². The zero-order valence-corrected chi connectivity index (χ0v) is 14.4. The lowest BCUT2D eigenvalue weighted by molar-refractivity contribution is 0.0793. The summed E-state index contributed by atoms with van der Waals surface area (Å²) in [4.78, 5) is 0. The van der Waals surface area contributed by atoms with Gasteiger partial charge in [0, 0.05) is 0 Å². The van der Waals surface area contributed by atoms with Crippen LogP contribution >= 0.6 is 0 Å². The number of aliphatic hydroxyl groups is 2.